The maximum absolute atomic E-state index is 15.3. The topological polar surface area (TPSA) is 54.3 Å². The fraction of sp³-hybridized carbons (Fsp3) is 0.500. The number of carbonyl (C=O) groups is 1. The zero-order valence-corrected chi connectivity index (χ0v) is 22.9. The molecule has 1 saturated carbocycles. The summed E-state index contributed by atoms with van der Waals surface area (Å²) in [6.45, 7) is 5.89. The van der Waals surface area contributed by atoms with E-state index in [4.69, 9.17) is 0 Å². The molecular formula is C30H33F4N5O. The van der Waals surface area contributed by atoms with Crippen LogP contribution in [0.3, 0.4) is 0 Å². The van der Waals surface area contributed by atoms with E-state index >= 15 is 4.39 Å². The number of rotatable bonds is 5. The van der Waals surface area contributed by atoms with Crippen molar-refractivity contribution in [3.8, 4) is 0 Å². The van der Waals surface area contributed by atoms with E-state index in [1.165, 1.54) is 12.1 Å². The van der Waals surface area contributed by atoms with Gasteiger partial charge in [-0.2, -0.15) is 13.2 Å². The molecule has 1 aromatic heterocycles. The Morgan fingerprint density at radius 3 is 2.52 bits per heavy atom. The Morgan fingerprint density at radius 2 is 1.88 bits per heavy atom. The maximum Gasteiger partial charge on any atom is 0.416 e. The number of aromatic nitrogens is 3. The molecule has 0 unspecified atom stereocenters. The molecule has 212 valence electrons. The number of hydrogen-bond donors (Lipinski definition) is 0. The summed E-state index contributed by atoms with van der Waals surface area (Å²) in [6.07, 6.45) is 0.624. The summed E-state index contributed by atoms with van der Waals surface area (Å²) in [4.78, 5) is 16.9. The molecule has 6 rings (SSSR count). The zero-order chi connectivity index (χ0) is 28.4. The van der Waals surface area contributed by atoms with Gasteiger partial charge in [0.25, 0.3) is 5.91 Å². The van der Waals surface area contributed by atoms with Gasteiger partial charge in [0.05, 0.1) is 23.2 Å². The van der Waals surface area contributed by atoms with Crippen LogP contribution in [-0.2, 0) is 31.7 Å². The molecule has 2 aliphatic heterocycles. The lowest BCUT2D eigenvalue weighted by molar-refractivity contribution is -0.138. The summed E-state index contributed by atoms with van der Waals surface area (Å²) in [5.41, 5.74) is -0.205. The Kier molecular flexibility index (Phi) is 6.52. The average Bonchev–Trinajstić information content (AvgIpc) is 3.44. The number of anilines is 1. The highest BCUT2D eigenvalue weighted by molar-refractivity contribution is 6.10. The van der Waals surface area contributed by atoms with E-state index in [1.54, 1.807) is 24.5 Å². The molecule has 0 bridgehead atoms. The third kappa shape index (κ3) is 4.50. The monoisotopic (exact) mass is 555 g/mol. The Hall–Kier alpha value is -3.27. The first-order chi connectivity index (χ1) is 19.0. The Balaban J connectivity index is 1.37. The van der Waals surface area contributed by atoms with Gasteiger partial charge in [-0.3, -0.25) is 9.69 Å². The van der Waals surface area contributed by atoms with Crippen molar-refractivity contribution in [1.82, 2.24) is 19.7 Å². The molecule has 0 spiro atoms. The summed E-state index contributed by atoms with van der Waals surface area (Å²) >= 11 is 0. The molecule has 2 aromatic carbocycles. The van der Waals surface area contributed by atoms with Gasteiger partial charge in [0, 0.05) is 25.7 Å². The second kappa shape index (κ2) is 9.68. The first-order valence-corrected chi connectivity index (χ1v) is 13.9. The number of hydrogen-bond acceptors (Lipinski definition) is 4. The number of alkyl halides is 3. The smallest absolute Gasteiger partial charge is 0.320 e. The third-order valence-corrected chi connectivity index (χ3v) is 8.88. The molecule has 3 aliphatic rings. The molecule has 10 heteroatoms. The first kappa shape index (κ1) is 26.9. The normalized spacial score (nSPS) is 25.3. The average molecular weight is 556 g/mol. The van der Waals surface area contributed by atoms with Crippen molar-refractivity contribution in [2.45, 2.75) is 64.2 Å². The molecule has 0 N–H and O–H groups in total. The number of likely N-dealkylation sites (tertiary alicyclic amines) is 1. The first-order valence-electron chi connectivity index (χ1n) is 13.9. The van der Waals surface area contributed by atoms with E-state index < -0.39 is 28.9 Å². The van der Waals surface area contributed by atoms with Gasteiger partial charge >= 0.3 is 6.18 Å². The van der Waals surface area contributed by atoms with E-state index in [1.807, 2.05) is 11.6 Å². The third-order valence-electron chi connectivity index (χ3n) is 8.88. The van der Waals surface area contributed by atoms with E-state index in [0.717, 1.165) is 55.1 Å². The van der Waals surface area contributed by atoms with Crippen LogP contribution in [0.1, 0.15) is 78.0 Å². The van der Waals surface area contributed by atoms with Crippen LogP contribution in [0.25, 0.3) is 0 Å². The quantitative estimate of drug-likeness (QED) is 0.358. The van der Waals surface area contributed by atoms with Gasteiger partial charge in [-0.15, -0.1) is 10.2 Å². The van der Waals surface area contributed by atoms with Gasteiger partial charge in [0.1, 0.15) is 18.0 Å². The van der Waals surface area contributed by atoms with Crippen molar-refractivity contribution >= 4 is 11.6 Å². The molecule has 2 fully saturated rings. The molecule has 3 aromatic rings. The van der Waals surface area contributed by atoms with Gasteiger partial charge in [0.15, 0.2) is 0 Å². The van der Waals surface area contributed by atoms with Crippen molar-refractivity contribution in [1.29, 1.82) is 0 Å². The van der Waals surface area contributed by atoms with Crippen molar-refractivity contribution in [2.75, 3.05) is 18.0 Å². The van der Waals surface area contributed by atoms with Crippen LogP contribution in [0.4, 0.5) is 23.2 Å². The summed E-state index contributed by atoms with van der Waals surface area (Å²) in [5, 5.41) is 8.36. The highest BCUT2D eigenvalue weighted by Gasteiger charge is 2.49. The molecule has 1 amide bonds. The number of aryl methyl sites for hydroxylation is 1. The standard InChI is InChI=1S/C30H33F4N5O/c1-18-5-4-8-38(14-18)15-20-9-22-23(24(10-20)30(32,33)34)16-39(27(22)40)26-11-21(6-7-25(26)31)29(12-19(2)13-29)28-36-35-17-37(28)3/h6-7,9-11,17-19H,4-5,8,12-16H2,1-3H3/t18-,19?,29?/m0/s1. The molecule has 40 heavy (non-hydrogen) atoms. The van der Waals surface area contributed by atoms with E-state index in [-0.39, 0.29) is 23.4 Å². The number of halogens is 4. The van der Waals surface area contributed by atoms with Gasteiger partial charge in [0.2, 0.25) is 0 Å². The molecule has 1 aliphatic carbocycles. The zero-order valence-electron chi connectivity index (χ0n) is 22.9. The SMILES string of the molecule is CC1CC(c2ccc(F)c(N3Cc4c(cc(CN5CCC[C@H](C)C5)cc4C(F)(F)F)C3=O)c2)(c2nncn2C)C1. The van der Waals surface area contributed by atoms with Crippen LogP contribution in [-0.4, -0.2) is 38.7 Å². The van der Waals surface area contributed by atoms with Gasteiger partial charge in [-0.1, -0.05) is 19.9 Å². The van der Waals surface area contributed by atoms with Crippen LogP contribution >= 0.6 is 0 Å². The van der Waals surface area contributed by atoms with Crippen LogP contribution in [0.15, 0.2) is 36.7 Å². The van der Waals surface area contributed by atoms with E-state index in [9.17, 15) is 18.0 Å². The van der Waals surface area contributed by atoms with Crippen molar-refractivity contribution in [3.05, 3.63) is 76.1 Å². The highest BCUT2D eigenvalue weighted by Crippen LogP contribution is 2.52. The fourth-order valence-electron chi connectivity index (χ4n) is 7.11. The number of piperidine rings is 1. The van der Waals surface area contributed by atoms with Gasteiger partial charge < -0.3 is 9.47 Å². The molecular weight excluding hydrogens is 522 g/mol. The fourth-order valence-corrected chi connectivity index (χ4v) is 7.11. The molecule has 3 heterocycles. The lowest BCUT2D eigenvalue weighted by Gasteiger charge is -2.46. The molecule has 1 saturated heterocycles. The van der Waals surface area contributed by atoms with Gasteiger partial charge in [-0.05, 0) is 85.0 Å². The maximum atomic E-state index is 15.3. The molecule has 0 radical (unpaired) electrons. The number of carbonyl (C=O) groups excluding carboxylic acids is 1. The predicted molar refractivity (Wildman–Crippen MR) is 142 cm³/mol. The minimum absolute atomic E-state index is 0.0000307. The number of nitrogens with zero attached hydrogens (tertiary/aromatic N) is 5. The minimum Gasteiger partial charge on any atom is -0.320 e. The summed E-state index contributed by atoms with van der Waals surface area (Å²) in [5.74, 6) is 0.372. The second-order valence-electron chi connectivity index (χ2n) is 12.1. The van der Waals surface area contributed by atoms with Gasteiger partial charge in [-0.25, -0.2) is 4.39 Å². The molecule has 1 atom stereocenters. The summed E-state index contributed by atoms with van der Waals surface area (Å²) in [7, 11) is 1.85. The highest BCUT2D eigenvalue weighted by atomic mass is 19.4. The largest absolute Gasteiger partial charge is 0.416 e. The number of benzene rings is 2. The number of fused-ring (bicyclic) bond motifs is 1. The lowest BCUT2D eigenvalue weighted by atomic mass is 9.58. The summed E-state index contributed by atoms with van der Waals surface area (Å²) in [6, 6.07) is 7.34. The van der Waals surface area contributed by atoms with Crippen molar-refractivity contribution < 1.29 is 22.4 Å². The predicted octanol–water partition coefficient (Wildman–Crippen LogP) is 6.08. The minimum atomic E-state index is -4.64. The number of amides is 1. The lowest BCUT2D eigenvalue weighted by Crippen LogP contribution is -2.43. The van der Waals surface area contributed by atoms with E-state index in [2.05, 4.69) is 28.9 Å². The Morgan fingerprint density at radius 1 is 1.10 bits per heavy atom. The van der Waals surface area contributed by atoms with Crippen LogP contribution in [0.2, 0.25) is 0 Å². The van der Waals surface area contributed by atoms with Crippen molar-refractivity contribution in [2.24, 2.45) is 18.9 Å². The van der Waals surface area contributed by atoms with E-state index in [0.29, 0.717) is 23.9 Å². The summed E-state index contributed by atoms with van der Waals surface area (Å²) < 4.78 is 60.0. The Labute approximate surface area is 231 Å². The van der Waals surface area contributed by atoms with Crippen LogP contribution < -0.4 is 4.90 Å². The van der Waals surface area contributed by atoms with Crippen LogP contribution in [0, 0.1) is 17.7 Å². The Bertz CT molecular complexity index is 1460. The molecule has 6 nitrogen and oxygen atoms in total. The van der Waals surface area contributed by atoms with Crippen molar-refractivity contribution in [3.63, 3.8) is 0 Å². The second-order valence-corrected chi connectivity index (χ2v) is 12.1. The van der Waals surface area contributed by atoms with Crippen LogP contribution in [0.5, 0.6) is 0 Å².